The van der Waals surface area contributed by atoms with Gasteiger partial charge in [-0.1, -0.05) is 25.5 Å². The van der Waals surface area contributed by atoms with E-state index in [0.29, 0.717) is 0 Å². The lowest BCUT2D eigenvalue weighted by atomic mass is 10.1. The summed E-state index contributed by atoms with van der Waals surface area (Å²) in [6.07, 6.45) is 0.635. The summed E-state index contributed by atoms with van der Waals surface area (Å²) in [6, 6.07) is 6.02. The molecule has 0 saturated carbocycles. The van der Waals surface area contributed by atoms with Crippen LogP contribution in [0, 0.1) is 0 Å². The van der Waals surface area contributed by atoms with E-state index in [1.54, 1.807) is 12.1 Å². The maximum atomic E-state index is 11.6. The minimum atomic E-state index is -4.50. The first-order chi connectivity index (χ1) is 8.24. The topological polar surface area (TPSA) is 101 Å². The van der Waals surface area contributed by atoms with Crippen molar-refractivity contribution in [2.75, 3.05) is 6.35 Å². The van der Waals surface area contributed by atoms with Crippen LogP contribution in [-0.2, 0) is 25.3 Å². The van der Waals surface area contributed by atoms with Gasteiger partial charge in [0.15, 0.2) is 6.35 Å². The van der Waals surface area contributed by atoms with Crippen LogP contribution in [0.2, 0.25) is 0 Å². The summed E-state index contributed by atoms with van der Waals surface area (Å²) in [5.41, 5.74) is 0.992. The Bertz CT molecular complexity index is 530. The number of rotatable bonds is 6. The molecule has 0 aliphatic heterocycles. The van der Waals surface area contributed by atoms with Crippen molar-refractivity contribution in [1.82, 2.24) is 0 Å². The van der Waals surface area contributed by atoms with Gasteiger partial charge in [0, 0.05) is 0 Å². The van der Waals surface area contributed by atoms with E-state index in [-0.39, 0.29) is 4.90 Å². The molecule has 1 aromatic carbocycles. The molecule has 0 atom stereocenters. The fourth-order valence-electron chi connectivity index (χ4n) is 1.32. The second-order valence-corrected chi connectivity index (χ2v) is 6.96. The molecule has 6 nitrogen and oxygen atoms in total. The Morgan fingerprint density at radius 3 is 2.22 bits per heavy atom. The van der Waals surface area contributed by atoms with Crippen molar-refractivity contribution in [3.05, 3.63) is 29.8 Å². The van der Waals surface area contributed by atoms with E-state index in [0.717, 1.165) is 18.4 Å². The maximum Gasteiger partial charge on any atom is 0.352 e. The Labute approximate surface area is 106 Å². The van der Waals surface area contributed by atoms with Crippen molar-refractivity contribution in [3.8, 4) is 0 Å². The average molecular weight is 294 g/mol. The van der Waals surface area contributed by atoms with E-state index in [1.165, 1.54) is 12.1 Å². The summed E-state index contributed by atoms with van der Waals surface area (Å²) < 4.78 is 38.0. The van der Waals surface area contributed by atoms with Gasteiger partial charge >= 0.3 is 7.60 Å². The van der Waals surface area contributed by atoms with Crippen molar-refractivity contribution in [2.24, 2.45) is 0 Å². The molecule has 8 heteroatoms. The van der Waals surface area contributed by atoms with Crippen molar-refractivity contribution < 1.29 is 27.0 Å². The van der Waals surface area contributed by atoms with Crippen molar-refractivity contribution in [1.29, 1.82) is 0 Å². The van der Waals surface area contributed by atoms with E-state index in [9.17, 15) is 13.0 Å². The van der Waals surface area contributed by atoms with E-state index < -0.39 is 24.1 Å². The van der Waals surface area contributed by atoms with Crippen molar-refractivity contribution in [3.63, 3.8) is 0 Å². The molecule has 1 aromatic rings. The van der Waals surface area contributed by atoms with Gasteiger partial charge in [0.25, 0.3) is 10.1 Å². The standard InChI is InChI=1S/C10H15O6PS/c1-2-3-9-4-6-10(7-5-9)18(14,15)16-8-17(11,12)13/h4-7H,2-3,8H2,1H3,(H2,11,12,13). The quantitative estimate of drug-likeness (QED) is 0.608. The van der Waals surface area contributed by atoms with Crippen LogP contribution in [0.3, 0.4) is 0 Å². The van der Waals surface area contributed by atoms with E-state index in [4.69, 9.17) is 9.79 Å². The first kappa shape index (κ1) is 15.3. The zero-order chi connectivity index (χ0) is 13.8. The molecule has 1 rings (SSSR count). The van der Waals surface area contributed by atoms with Gasteiger partial charge in [-0.05, 0) is 24.1 Å². The van der Waals surface area contributed by atoms with Crippen LogP contribution < -0.4 is 0 Å². The lowest BCUT2D eigenvalue weighted by Crippen LogP contribution is -2.08. The number of hydrogen-bond acceptors (Lipinski definition) is 4. The van der Waals surface area contributed by atoms with E-state index in [2.05, 4.69) is 4.18 Å². The number of aryl methyl sites for hydroxylation is 1. The summed E-state index contributed by atoms with van der Waals surface area (Å²) in [5.74, 6) is 0. The van der Waals surface area contributed by atoms with Gasteiger partial charge in [-0.25, -0.2) is 0 Å². The molecule has 0 aliphatic carbocycles. The van der Waals surface area contributed by atoms with E-state index in [1.807, 2.05) is 6.92 Å². The minimum absolute atomic E-state index is 0.115. The molecule has 2 N–H and O–H groups in total. The third-order valence-electron chi connectivity index (χ3n) is 2.13. The highest BCUT2D eigenvalue weighted by molar-refractivity contribution is 7.87. The zero-order valence-corrected chi connectivity index (χ0v) is 11.5. The predicted octanol–water partition coefficient (Wildman–Crippen LogP) is 1.48. The van der Waals surface area contributed by atoms with Crippen LogP contribution in [0.25, 0.3) is 0 Å². The lowest BCUT2D eigenvalue weighted by Gasteiger charge is -2.07. The number of hydrogen-bond donors (Lipinski definition) is 2. The fourth-order valence-corrected chi connectivity index (χ4v) is 3.03. The molecule has 0 spiro atoms. The van der Waals surface area contributed by atoms with Gasteiger partial charge in [0.1, 0.15) is 0 Å². The Morgan fingerprint density at radius 2 is 1.78 bits per heavy atom. The van der Waals surface area contributed by atoms with Crippen LogP contribution in [0.4, 0.5) is 0 Å². The third kappa shape index (κ3) is 4.88. The Kier molecular flexibility index (Phi) is 5.07. The predicted molar refractivity (Wildman–Crippen MR) is 65.6 cm³/mol. The molecule has 0 amide bonds. The van der Waals surface area contributed by atoms with Gasteiger partial charge in [-0.3, -0.25) is 8.75 Å². The van der Waals surface area contributed by atoms with Gasteiger partial charge in [-0.2, -0.15) is 8.42 Å². The Balaban J connectivity index is 2.82. The second kappa shape index (κ2) is 5.95. The van der Waals surface area contributed by atoms with Gasteiger partial charge in [-0.15, -0.1) is 0 Å². The average Bonchev–Trinajstić information content (AvgIpc) is 2.27. The van der Waals surface area contributed by atoms with Gasteiger partial charge in [0.05, 0.1) is 4.90 Å². The summed E-state index contributed by atoms with van der Waals surface area (Å²) in [5, 5.41) is 0. The molecule has 0 saturated heterocycles. The smallest absolute Gasteiger partial charge is 0.323 e. The zero-order valence-electron chi connectivity index (χ0n) is 9.81. The van der Waals surface area contributed by atoms with Crippen LogP contribution in [-0.4, -0.2) is 24.6 Å². The molecule has 102 valence electrons. The first-order valence-electron chi connectivity index (χ1n) is 5.27. The molecule has 0 aliphatic rings. The summed E-state index contributed by atoms with van der Waals surface area (Å²) in [6.45, 7) is 2.01. The molecule has 18 heavy (non-hydrogen) atoms. The Morgan fingerprint density at radius 1 is 1.22 bits per heavy atom. The first-order valence-corrected chi connectivity index (χ1v) is 8.48. The monoisotopic (exact) mass is 294 g/mol. The molecule has 0 fully saturated rings. The summed E-state index contributed by atoms with van der Waals surface area (Å²) in [7, 11) is -8.62. The fraction of sp³-hybridized carbons (Fsp3) is 0.400. The van der Waals surface area contributed by atoms with Crippen LogP contribution in [0.5, 0.6) is 0 Å². The highest BCUT2D eigenvalue weighted by atomic mass is 32.2. The summed E-state index contributed by atoms with van der Waals surface area (Å²) >= 11 is 0. The summed E-state index contributed by atoms with van der Waals surface area (Å²) in [4.78, 5) is 17.0. The second-order valence-electron chi connectivity index (χ2n) is 3.76. The van der Waals surface area contributed by atoms with Gasteiger partial charge < -0.3 is 9.79 Å². The molecule has 0 heterocycles. The minimum Gasteiger partial charge on any atom is -0.323 e. The van der Waals surface area contributed by atoms with Crippen molar-refractivity contribution in [2.45, 2.75) is 24.7 Å². The largest absolute Gasteiger partial charge is 0.352 e. The molecular weight excluding hydrogens is 279 g/mol. The molecule has 0 unspecified atom stereocenters. The third-order valence-corrected chi connectivity index (χ3v) is 4.04. The highest BCUT2D eigenvalue weighted by Gasteiger charge is 2.21. The number of benzene rings is 1. The molecule has 0 aromatic heterocycles. The maximum absolute atomic E-state index is 11.6. The van der Waals surface area contributed by atoms with Crippen molar-refractivity contribution >= 4 is 17.7 Å². The highest BCUT2D eigenvalue weighted by Crippen LogP contribution is 2.35. The lowest BCUT2D eigenvalue weighted by molar-refractivity contribution is 0.301. The van der Waals surface area contributed by atoms with Crippen LogP contribution >= 0.6 is 7.60 Å². The normalized spacial score (nSPS) is 12.6. The van der Waals surface area contributed by atoms with E-state index >= 15 is 0 Å². The Hall–Kier alpha value is -0.720. The SMILES string of the molecule is CCCc1ccc(S(=O)(=O)OCP(=O)(O)O)cc1. The van der Waals surface area contributed by atoms with Gasteiger partial charge in [0.2, 0.25) is 0 Å². The van der Waals surface area contributed by atoms with Crippen LogP contribution in [0.15, 0.2) is 29.2 Å². The molecular formula is C10H15O6PS. The van der Waals surface area contributed by atoms with Crippen LogP contribution in [0.1, 0.15) is 18.9 Å². The molecule has 0 radical (unpaired) electrons. The molecule has 0 bridgehead atoms.